The Kier molecular flexibility index (Phi) is 5.49. The number of furan rings is 1. The molecule has 176 valence electrons. The van der Waals surface area contributed by atoms with Crippen LogP contribution in [0.1, 0.15) is 54.3 Å². The van der Waals surface area contributed by atoms with Gasteiger partial charge < -0.3 is 14.1 Å². The van der Waals surface area contributed by atoms with Crippen molar-refractivity contribution in [3.63, 3.8) is 0 Å². The molecule has 1 aliphatic carbocycles. The minimum Gasteiger partial charge on any atom is -0.465 e. The minimum atomic E-state index is -0.363. The molecule has 3 heterocycles. The van der Waals surface area contributed by atoms with Gasteiger partial charge in [0.15, 0.2) is 0 Å². The van der Waals surface area contributed by atoms with Crippen molar-refractivity contribution >= 4 is 17.2 Å². The van der Waals surface area contributed by atoms with E-state index in [2.05, 4.69) is 41.4 Å². The third kappa shape index (κ3) is 4.52. The van der Waals surface area contributed by atoms with Crippen molar-refractivity contribution in [3.8, 4) is 5.88 Å². The van der Waals surface area contributed by atoms with Crippen LogP contribution in [0.5, 0.6) is 5.88 Å². The topological polar surface area (TPSA) is 60.5 Å². The standard InChI is InChI=1S/C29H27N3O3/c1-20(33)34-29-26(17-25-14-15-27(35-25)22-12-13-22)30-28-23(16-21-8-4-2-5-9-21)18-31(19-32(28)29)24-10-6-3-7-11-24/h2-11,14-15,18,22H,12-13,16-17,19H2,1H3. The summed E-state index contributed by atoms with van der Waals surface area (Å²) in [5, 5.41) is 0. The van der Waals surface area contributed by atoms with Crippen LogP contribution in [0.3, 0.4) is 0 Å². The van der Waals surface area contributed by atoms with E-state index in [0.29, 0.717) is 37.0 Å². The number of ether oxygens (including phenoxy) is 1. The monoisotopic (exact) mass is 465 g/mol. The van der Waals surface area contributed by atoms with E-state index in [1.54, 1.807) is 0 Å². The molecular formula is C29H27N3O3. The molecule has 0 bridgehead atoms. The second kappa shape index (κ2) is 8.95. The number of aromatic nitrogens is 2. The molecular weight excluding hydrogens is 438 g/mol. The molecule has 2 aliphatic rings. The Morgan fingerprint density at radius 1 is 1.00 bits per heavy atom. The third-order valence-corrected chi connectivity index (χ3v) is 6.45. The number of imidazole rings is 1. The number of esters is 1. The van der Waals surface area contributed by atoms with Crippen molar-refractivity contribution in [2.45, 2.75) is 45.2 Å². The maximum Gasteiger partial charge on any atom is 0.309 e. The molecule has 0 amide bonds. The summed E-state index contributed by atoms with van der Waals surface area (Å²) in [6.07, 6.45) is 5.72. The largest absolute Gasteiger partial charge is 0.465 e. The second-order valence-corrected chi connectivity index (χ2v) is 9.23. The van der Waals surface area contributed by atoms with Gasteiger partial charge in [-0.2, -0.15) is 0 Å². The van der Waals surface area contributed by atoms with Crippen molar-refractivity contribution in [1.82, 2.24) is 9.55 Å². The molecule has 35 heavy (non-hydrogen) atoms. The molecule has 0 spiro atoms. The van der Waals surface area contributed by atoms with Gasteiger partial charge >= 0.3 is 5.97 Å². The van der Waals surface area contributed by atoms with E-state index < -0.39 is 0 Å². The maximum absolute atomic E-state index is 12.1. The van der Waals surface area contributed by atoms with Gasteiger partial charge in [-0.15, -0.1) is 0 Å². The lowest BCUT2D eigenvalue weighted by Crippen LogP contribution is -2.27. The summed E-state index contributed by atoms with van der Waals surface area (Å²) in [5.74, 6) is 3.36. The van der Waals surface area contributed by atoms with Crippen molar-refractivity contribution < 1.29 is 13.9 Å². The van der Waals surface area contributed by atoms with Crippen LogP contribution in [0.15, 0.2) is 83.4 Å². The zero-order chi connectivity index (χ0) is 23.8. The van der Waals surface area contributed by atoms with Gasteiger partial charge in [0.1, 0.15) is 29.7 Å². The third-order valence-electron chi connectivity index (χ3n) is 6.45. The number of allylic oxidation sites excluding steroid dienone is 1. The molecule has 0 saturated heterocycles. The van der Waals surface area contributed by atoms with Crippen LogP contribution >= 0.6 is 0 Å². The first-order valence-corrected chi connectivity index (χ1v) is 12.1. The van der Waals surface area contributed by atoms with Gasteiger partial charge in [-0.3, -0.25) is 9.36 Å². The Morgan fingerprint density at radius 3 is 2.46 bits per heavy atom. The first-order chi connectivity index (χ1) is 17.1. The highest BCUT2D eigenvalue weighted by atomic mass is 16.5. The number of hydrogen-bond donors (Lipinski definition) is 0. The molecule has 1 fully saturated rings. The highest BCUT2D eigenvalue weighted by molar-refractivity contribution is 5.72. The molecule has 6 rings (SSSR count). The van der Waals surface area contributed by atoms with Crippen LogP contribution in [0, 0.1) is 0 Å². The Labute approximate surface area is 204 Å². The SMILES string of the molecule is CC(=O)Oc1c(Cc2ccc(C3CC3)o2)nc2n1CN(c1ccccc1)C=C2Cc1ccccc1. The predicted octanol–water partition coefficient (Wildman–Crippen LogP) is 5.93. The average molecular weight is 466 g/mol. The Morgan fingerprint density at radius 2 is 1.74 bits per heavy atom. The van der Waals surface area contributed by atoms with Gasteiger partial charge in [-0.25, -0.2) is 4.98 Å². The maximum atomic E-state index is 12.1. The lowest BCUT2D eigenvalue weighted by Gasteiger charge is -2.29. The normalized spacial score (nSPS) is 15.0. The van der Waals surface area contributed by atoms with E-state index in [1.165, 1.54) is 25.3 Å². The minimum absolute atomic E-state index is 0.363. The van der Waals surface area contributed by atoms with E-state index >= 15 is 0 Å². The predicted molar refractivity (Wildman–Crippen MR) is 134 cm³/mol. The summed E-state index contributed by atoms with van der Waals surface area (Å²) < 4.78 is 13.9. The van der Waals surface area contributed by atoms with E-state index in [1.807, 2.05) is 47.0 Å². The molecule has 1 saturated carbocycles. The van der Waals surface area contributed by atoms with E-state index in [0.717, 1.165) is 28.6 Å². The molecule has 0 radical (unpaired) electrons. The smallest absolute Gasteiger partial charge is 0.309 e. The molecule has 6 heteroatoms. The van der Waals surface area contributed by atoms with Crippen molar-refractivity contribution in [2.24, 2.45) is 0 Å². The highest BCUT2D eigenvalue weighted by Gasteiger charge is 2.30. The number of carbonyl (C=O) groups excluding carboxylic acids is 1. The number of hydrogen-bond acceptors (Lipinski definition) is 5. The Balaban J connectivity index is 1.41. The van der Waals surface area contributed by atoms with Crippen LogP contribution in [-0.4, -0.2) is 15.5 Å². The molecule has 0 atom stereocenters. The van der Waals surface area contributed by atoms with Crippen molar-refractivity contribution in [2.75, 3.05) is 4.90 Å². The van der Waals surface area contributed by atoms with Crippen LogP contribution in [0.2, 0.25) is 0 Å². The number of para-hydroxylation sites is 1. The van der Waals surface area contributed by atoms with Gasteiger partial charge in [-0.05, 0) is 42.7 Å². The van der Waals surface area contributed by atoms with Crippen molar-refractivity contribution in [3.05, 3.63) is 108 Å². The van der Waals surface area contributed by atoms with Crippen LogP contribution in [0.25, 0.3) is 5.57 Å². The van der Waals surface area contributed by atoms with Gasteiger partial charge in [0.2, 0.25) is 5.88 Å². The Bertz CT molecular complexity index is 1380. The molecule has 0 N–H and O–H groups in total. The van der Waals surface area contributed by atoms with Crippen LogP contribution in [-0.2, 0) is 24.3 Å². The van der Waals surface area contributed by atoms with Gasteiger partial charge in [0.05, 0.1) is 6.42 Å². The highest BCUT2D eigenvalue weighted by Crippen LogP contribution is 2.41. The summed E-state index contributed by atoms with van der Waals surface area (Å²) in [7, 11) is 0. The van der Waals surface area contributed by atoms with Gasteiger partial charge in [0, 0.05) is 36.7 Å². The number of anilines is 1. The average Bonchev–Trinajstić information content (AvgIpc) is 3.53. The number of rotatable bonds is 7. The van der Waals surface area contributed by atoms with Crippen LogP contribution in [0.4, 0.5) is 5.69 Å². The fraction of sp³-hybridized carbons (Fsp3) is 0.241. The zero-order valence-corrected chi connectivity index (χ0v) is 19.7. The molecule has 2 aromatic heterocycles. The number of carbonyl (C=O) groups is 1. The second-order valence-electron chi connectivity index (χ2n) is 9.23. The lowest BCUT2D eigenvalue weighted by atomic mass is 10.0. The molecule has 4 aromatic rings. The van der Waals surface area contributed by atoms with E-state index in [4.69, 9.17) is 14.1 Å². The summed E-state index contributed by atoms with van der Waals surface area (Å²) in [5.41, 5.74) is 4.02. The van der Waals surface area contributed by atoms with Gasteiger partial charge in [0.25, 0.3) is 0 Å². The lowest BCUT2D eigenvalue weighted by molar-refractivity contribution is -0.132. The zero-order valence-electron chi connectivity index (χ0n) is 19.7. The summed E-state index contributed by atoms with van der Waals surface area (Å²) in [6.45, 7) is 1.93. The molecule has 2 aromatic carbocycles. The Hall–Kier alpha value is -4.06. The first kappa shape index (κ1) is 21.5. The molecule has 1 aliphatic heterocycles. The summed E-state index contributed by atoms with van der Waals surface area (Å²) in [6, 6.07) is 24.6. The first-order valence-electron chi connectivity index (χ1n) is 12.1. The molecule has 6 nitrogen and oxygen atoms in total. The van der Waals surface area contributed by atoms with Crippen LogP contribution < -0.4 is 9.64 Å². The summed E-state index contributed by atoms with van der Waals surface area (Å²) in [4.78, 5) is 19.3. The fourth-order valence-electron chi connectivity index (χ4n) is 4.63. The molecule has 0 unspecified atom stereocenters. The summed E-state index contributed by atoms with van der Waals surface area (Å²) >= 11 is 0. The number of fused-ring (bicyclic) bond motifs is 1. The van der Waals surface area contributed by atoms with Crippen molar-refractivity contribution in [1.29, 1.82) is 0 Å². The fourth-order valence-corrected chi connectivity index (χ4v) is 4.63. The number of benzene rings is 2. The van der Waals surface area contributed by atoms with E-state index in [-0.39, 0.29) is 5.97 Å². The van der Waals surface area contributed by atoms with E-state index in [9.17, 15) is 4.79 Å². The van der Waals surface area contributed by atoms with Gasteiger partial charge in [-0.1, -0.05) is 48.5 Å². The quantitative estimate of drug-likeness (QED) is 0.317. The number of nitrogens with zero attached hydrogens (tertiary/aromatic N) is 3.